The second kappa shape index (κ2) is 27.4. The van der Waals surface area contributed by atoms with Crippen molar-refractivity contribution in [1.29, 1.82) is 0 Å². The summed E-state index contributed by atoms with van der Waals surface area (Å²) in [7, 11) is 0. The van der Waals surface area contributed by atoms with Gasteiger partial charge in [0.05, 0.1) is 68.5 Å². The molecule has 0 radical (unpaired) electrons. The highest BCUT2D eigenvalue weighted by atomic mass is 16.8. The molecular formula is C52H72N6O14. The maximum Gasteiger partial charge on any atom is 0.302 e. The zero-order valence-corrected chi connectivity index (χ0v) is 42.7. The topological polar surface area (TPSA) is 242 Å². The summed E-state index contributed by atoms with van der Waals surface area (Å²) in [5, 5.41) is 8.34. The standard InChI is InChI=1S/C52H72N6O14/c1-11-12-19-24-61-49-32(5)45(64-25-38-20-15-13-16-21-38)47(34(7)66-49)72-52-43(56-58-54)31(4)44(41(69-52)28-63-37(10)60)70-50-33(6)46(65-26-39-22-17-14-18-23-39)48(35(8)67-50)71-51-42(55-57-53)30(3)29(2)40(68-51)27-62-36(9)59/h1,13-18,20-23,29-35,40-52H,12,19,24-28H2,2-10H3/t29-,30-,31+,32?,33?,34?,35?,40?,41?,42?,43?,44-,45-,46-,47+,48+,49+,50-,51-,52-/m0/s1. The Labute approximate surface area is 422 Å². The zero-order valence-electron chi connectivity index (χ0n) is 42.7. The van der Waals surface area contributed by atoms with E-state index >= 15 is 0 Å². The fourth-order valence-corrected chi connectivity index (χ4v) is 9.84. The molecule has 4 fully saturated rings. The van der Waals surface area contributed by atoms with Crippen LogP contribution in [0.3, 0.4) is 0 Å². The Morgan fingerprint density at radius 1 is 0.569 bits per heavy atom. The fraction of sp³-hybridized carbons (Fsp3) is 0.692. The van der Waals surface area contributed by atoms with Crippen LogP contribution in [0.5, 0.6) is 0 Å². The van der Waals surface area contributed by atoms with Gasteiger partial charge in [0.15, 0.2) is 25.2 Å². The van der Waals surface area contributed by atoms with E-state index in [4.69, 9.17) is 63.3 Å². The molecule has 20 heteroatoms. The average molecular weight is 1010 g/mol. The summed E-state index contributed by atoms with van der Waals surface area (Å²) in [5.74, 6) is -0.224. The molecule has 0 aromatic heterocycles. The van der Waals surface area contributed by atoms with Crippen molar-refractivity contribution in [3.05, 3.63) is 92.7 Å². The first-order chi connectivity index (χ1) is 34.6. The van der Waals surface area contributed by atoms with E-state index in [9.17, 15) is 20.7 Å². The van der Waals surface area contributed by atoms with Crippen molar-refractivity contribution in [3.8, 4) is 12.3 Å². The second-order valence-electron chi connectivity index (χ2n) is 19.3. The minimum Gasteiger partial charge on any atom is -0.463 e. The van der Waals surface area contributed by atoms with Gasteiger partial charge in [-0.3, -0.25) is 9.59 Å². The SMILES string of the molecule is C#CCCCO[C@@H]1OC(C)[C@@H](O[C@@H]2OC(COC(C)=O)[C@@H](O[C@@H]3OC(C)[C@@H](O[C@@H]4OC(COC(C)=O)[C@@H](C)[C@H](C)C4N=[N+]=[N-])[C@@H](OCc4ccccc4)C3C)[C@H](C)C2N=[N+]=[N-])[C@@H](OCc2ccccc2)C1C. The molecule has 4 heterocycles. The molecule has 4 saturated heterocycles. The largest absolute Gasteiger partial charge is 0.463 e. The molecule has 0 saturated carbocycles. The summed E-state index contributed by atoms with van der Waals surface area (Å²) in [6, 6.07) is 17.7. The highest BCUT2D eigenvalue weighted by Crippen LogP contribution is 2.42. The molecule has 20 atom stereocenters. The summed E-state index contributed by atoms with van der Waals surface area (Å²) in [5.41, 5.74) is 21.6. The van der Waals surface area contributed by atoms with Gasteiger partial charge in [0.1, 0.15) is 31.5 Å². The first-order valence-electron chi connectivity index (χ1n) is 24.9. The minimum atomic E-state index is -1.17. The molecule has 0 N–H and O–H groups in total. The Kier molecular flexibility index (Phi) is 21.5. The van der Waals surface area contributed by atoms with Gasteiger partial charge < -0.3 is 56.8 Å². The van der Waals surface area contributed by atoms with Gasteiger partial charge in [-0.05, 0) is 60.2 Å². The molecular weight excluding hydrogens is 933 g/mol. The summed E-state index contributed by atoms with van der Waals surface area (Å²) < 4.78 is 77.4. The number of unbranched alkanes of at least 4 members (excludes halogenated alkanes) is 1. The van der Waals surface area contributed by atoms with Crippen LogP contribution in [0.4, 0.5) is 0 Å². The Balaban J connectivity index is 1.26. The number of azide groups is 2. The number of hydrogen-bond donors (Lipinski definition) is 0. The van der Waals surface area contributed by atoms with Crippen molar-refractivity contribution in [2.75, 3.05) is 19.8 Å². The van der Waals surface area contributed by atoms with Gasteiger partial charge in [0.2, 0.25) is 0 Å². The third-order valence-electron chi connectivity index (χ3n) is 14.2. The van der Waals surface area contributed by atoms with Gasteiger partial charge in [0.25, 0.3) is 0 Å². The smallest absolute Gasteiger partial charge is 0.302 e. The number of rotatable bonds is 22. The number of benzene rings is 2. The fourth-order valence-electron chi connectivity index (χ4n) is 9.84. The van der Waals surface area contributed by atoms with Crippen molar-refractivity contribution in [3.63, 3.8) is 0 Å². The average Bonchev–Trinajstić information content (AvgIpc) is 3.36. The molecule has 8 unspecified atom stereocenters. The summed E-state index contributed by atoms with van der Waals surface area (Å²) in [6.07, 6.45) is -3.64. The lowest BCUT2D eigenvalue weighted by Gasteiger charge is -2.51. The van der Waals surface area contributed by atoms with Gasteiger partial charge in [-0.2, -0.15) is 0 Å². The monoisotopic (exact) mass is 1000 g/mol. The van der Waals surface area contributed by atoms with Crippen molar-refractivity contribution >= 4 is 11.9 Å². The third-order valence-corrected chi connectivity index (χ3v) is 14.2. The van der Waals surface area contributed by atoms with E-state index in [0.717, 1.165) is 11.1 Å². The molecule has 2 aromatic carbocycles. The second-order valence-corrected chi connectivity index (χ2v) is 19.3. The first kappa shape index (κ1) is 56.5. The number of terminal acetylenes is 1. The predicted octanol–water partition coefficient (Wildman–Crippen LogP) is 8.35. The molecule has 20 nitrogen and oxygen atoms in total. The number of carbonyl (C=O) groups is 2. The predicted molar refractivity (Wildman–Crippen MR) is 260 cm³/mol. The van der Waals surface area contributed by atoms with E-state index < -0.39 is 116 Å². The van der Waals surface area contributed by atoms with Crippen LogP contribution in [-0.2, 0) is 79.6 Å². The van der Waals surface area contributed by atoms with Gasteiger partial charge >= 0.3 is 11.9 Å². The molecule has 394 valence electrons. The van der Waals surface area contributed by atoms with Crippen LogP contribution < -0.4 is 0 Å². The highest BCUT2D eigenvalue weighted by molar-refractivity contribution is 5.66. The summed E-state index contributed by atoms with van der Waals surface area (Å²) >= 11 is 0. The molecule has 6 rings (SSSR count). The minimum absolute atomic E-state index is 0.0155. The van der Waals surface area contributed by atoms with Crippen molar-refractivity contribution in [2.45, 2.75) is 181 Å². The Morgan fingerprint density at radius 3 is 1.53 bits per heavy atom. The zero-order chi connectivity index (χ0) is 51.9. The van der Waals surface area contributed by atoms with Gasteiger partial charge in [-0.25, -0.2) is 0 Å². The molecule has 72 heavy (non-hydrogen) atoms. The number of nitrogens with zero attached hydrogens (tertiary/aromatic N) is 6. The van der Waals surface area contributed by atoms with Crippen LogP contribution >= 0.6 is 0 Å². The maximum atomic E-state index is 12.4. The molecule has 2 aromatic rings. The Hall–Kier alpha value is -4.84. The lowest BCUT2D eigenvalue weighted by Crippen LogP contribution is -2.63. The van der Waals surface area contributed by atoms with Crippen LogP contribution in [0.1, 0.15) is 86.3 Å². The third kappa shape index (κ3) is 14.7. The van der Waals surface area contributed by atoms with Gasteiger partial charge in [0, 0.05) is 41.9 Å². The van der Waals surface area contributed by atoms with E-state index in [0.29, 0.717) is 19.4 Å². The Morgan fingerprint density at radius 2 is 1.03 bits per heavy atom. The van der Waals surface area contributed by atoms with Crippen LogP contribution in [-0.4, -0.2) is 124 Å². The van der Waals surface area contributed by atoms with E-state index in [2.05, 4.69) is 26.0 Å². The number of esters is 2. The quantitative estimate of drug-likeness (QED) is 0.0269. The molecule has 0 aliphatic carbocycles. The van der Waals surface area contributed by atoms with E-state index in [1.165, 1.54) is 13.8 Å². The first-order valence-corrected chi connectivity index (χ1v) is 24.9. The van der Waals surface area contributed by atoms with Crippen molar-refractivity contribution in [2.24, 2.45) is 39.8 Å². The summed E-state index contributed by atoms with van der Waals surface area (Å²) in [6.45, 7) is 16.5. The highest BCUT2D eigenvalue weighted by Gasteiger charge is 2.54. The van der Waals surface area contributed by atoms with Crippen LogP contribution in [0.2, 0.25) is 0 Å². The Bertz CT molecular complexity index is 2160. The lowest BCUT2D eigenvalue weighted by atomic mass is 9.82. The number of hydrogen-bond acceptors (Lipinski definition) is 16. The van der Waals surface area contributed by atoms with Crippen LogP contribution in [0, 0.1) is 41.9 Å². The van der Waals surface area contributed by atoms with Crippen LogP contribution in [0.15, 0.2) is 70.9 Å². The normalized spacial score (nSPS) is 36.7. The van der Waals surface area contributed by atoms with Crippen molar-refractivity contribution < 1.29 is 66.4 Å². The van der Waals surface area contributed by atoms with Crippen molar-refractivity contribution in [1.82, 2.24) is 0 Å². The molecule has 4 aliphatic heterocycles. The van der Waals surface area contributed by atoms with E-state index in [-0.39, 0.29) is 44.2 Å². The molecule has 0 amide bonds. The lowest BCUT2D eigenvalue weighted by molar-refractivity contribution is -0.362. The van der Waals surface area contributed by atoms with Crippen LogP contribution in [0.25, 0.3) is 20.9 Å². The van der Waals surface area contributed by atoms with E-state index in [1.54, 1.807) is 0 Å². The number of ether oxygens (including phenoxy) is 12. The number of carbonyl (C=O) groups excluding carboxylic acids is 2. The summed E-state index contributed by atoms with van der Waals surface area (Å²) in [4.78, 5) is 30.6. The molecule has 0 bridgehead atoms. The maximum absolute atomic E-state index is 12.4. The molecule has 0 spiro atoms. The van der Waals surface area contributed by atoms with Gasteiger partial charge in [-0.15, -0.1) is 12.3 Å². The van der Waals surface area contributed by atoms with E-state index in [1.807, 2.05) is 109 Å². The molecule has 4 aliphatic rings. The van der Waals surface area contributed by atoms with Gasteiger partial charge in [-0.1, -0.05) is 106 Å².